The van der Waals surface area contributed by atoms with Crippen molar-refractivity contribution in [1.82, 2.24) is 10.0 Å². The van der Waals surface area contributed by atoms with Gasteiger partial charge >= 0.3 is 0 Å². The molecule has 0 bridgehead atoms. The molecular formula is C12H20N2O2S2. The quantitative estimate of drug-likeness (QED) is 0.841. The van der Waals surface area contributed by atoms with Gasteiger partial charge in [-0.3, -0.25) is 0 Å². The topological polar surface area (TPSA) is 58.2 Å². The second-order valence-corrected chi connectivity index (χ2v) is 8.31. The van der Waals surface area contributed by atoms with Gasteiger partial charge < -0.3 is 5.32 Å². The predicted molar refractivity (Wildman–Crippen MR) is 74.2 cm³/mol. The number of sulfonamides is 1. The molecule has 1 aromatic rings. The molecule has 0 aromatic carbocycles. The fraction of sp³-hybridized carbons (Fsp3) is 0.667. The molecule has 0 radical (unpaired) electrons. The summed E-state index contributed by atoms with van der Waals surface area (Å²) < 4.78 is 27.3. The highest BCUT2D eigenvalue weighted by atomic mass is 32.2. The highest BCUT2D eigenvalue weighted by Crippen LogP contribution is 2.31. The minimum absolute atomic E-state index is 0.134. The second-order valence-electron chi connectivity index (χ2n) is 5.20. The Kier molecular flexibility index (Phi) is 4.11. The first-order chi connectivity index (χ1) is 8.38. The Balaban J connectivity index is 2.00. The lowest BCUT2D eigenvalue weighted by atomic mass is 10.4. The average Bonchev–Trinajstić information content (AvgIpc) is 2.81. The van der Waals surface area contributed by atoms with E-state index in [9.17, 15) is 8.42 Å². The van der Waals surface area contributed by atoms with Crippen LogP contribution in [-0.2, 0) is 16.6 Å². The van der Waals surface area contributed by atoms with E-state index in [2.05, 4.69) is 30.8 Å². The fourth-order valence-electron chi connectivity index (χ4n) is 1.65. The van der Waals surface area contributed by atoms with Crippen molar-refractivity contribution in [2.75, 3.05) is 0 Å². The van der Waals surface area contributed by atoms with Gasteiger partial charge in [0.15, 0.2) is 0 Å². The zero-order chi connectivity index (χ0) is 13.3. The average molecular weight is 288 g/mol. The molecule has 1 fully saturated rings. The number of hydrogen-bond acceptors (Lipinski definition) is 4. The van der Waals surface area contributed by atoms with Gasteiger partial charge in [-0.1, -0.05) is 20.8 Å². The van der Waals surface area contributed by atoms with Crippen molar-refractivity contribution in [3.63, 3.8) is 0 Å². The summed E-state index contributed by atoms with van der Waals surface area (Å²) in [4.78, 5) is 1.05. The molecule has 2 atom stereocenters. The molecule has 1 heterocycles. The van der Waals surface area contributed by atoms with Gasteiger partial charge in [-0.15, -0.1) is 11.3 Å². The molecule has 2 N–H and O–H groups in total. The zero-order valence-electron chi connectivity index (χ0n) is 10.9. The maximum absolute atomic E-state index is 12.1. The molecule has 1 aromatic heterocycles. The first-order valence-electron chi connectivity index (χ1n) is 6.23. The lowest BCUT2D eigenvalue weighted by Crippen LogP contribution is -2.26. The summed E-state index contributed by atoms with van der Waals surface area (Å²) in [5.74, 6) is 0.474. The van der Waals surface area contributed by atoms with Crippen LogP contribution in [0.4, 0.5) is 0 Å². The molecule has 4 nitrogen and oxygen atoms in total. The monoisotopic (exact) mass is 288 g/mol. The van der Waals surface area contributed by atoms with Gasteiger partial charge in [0.25, 0.3) is 0 Å². The van der Waals surface area contributed by atoms with E-state index in [0.717, 1.165) is 17.8 Å². The Morgan fingerprint density at radius 3 is 2.67 bits per heavy atom. The molecule has 1 saturated carbocycles. The summed E-state index contributed by atoms with van der Waals surface area (Å²) in [6.45, 7) is 6.92. The van der Waals surface area contributed by atoms with Gasteiger partial charge in [0.05, 0.1) is 0 Å². The van der Waals surface area contributed by atoms with Crippen molar-refractivity contribution >= 4 is 21.4 Å². The maximum Gasteiger partial charge on any atom is 0.250 e. The van der Waals surface area contributed by atoms with E-state index in [1.807, 2.05) is 6.07 Å². The van der Waals surface area contributed by atoms with Gasteiger partial charge in [-0.05, 0) is 24.5 Å². The van der Waals surface area contributed by atoms with Crippen LogP contribution in [0.25, 0.3) is 0 Å². The smallest absolute Gasteiger partial charge is 0.250 e. The van der Waals surface area contributed by atoms with E-state index in [-0.39, 0.29) is 6.04 Å². The van der Waals surface area contributed by atoms with Gasteiger partial charge in [0.2, 0.25) is 10.0 Å². The third-order valence-electron chi connectivity index (χ3n) is 3.00. The molecule has 6 heteroatoms. The Morgan fingerprint density at radius 1 is 1.44 bits per heavy atom. The molecule has 1 aliphatic rings. The molecular weight excluding hydrogens is 268 g/mol. The normalized spacial score (nSPS) is 23.6. The van der Waals surface area contributed by atoms with Crippen LogP contribution in [0.1, 0.15) is 32.1 Å². The van der Waals surface area contributed by atoms with Gasteiger partial charge in [0.1, 0.15) is 4.21 Å². The minimum Gasteiger partial charge on any atom is -0.310 e. The van der Waals surface area contributed by atoms with Crippen LogP contribution in [0.15, 0.2) is 16.3 Å². The standard InChI is InChI=1S/C12H20N2O2S2/c1-8(2)13-7-10-4-5-12(17-10)18(15,16)14-11-6-9(11)3/h4-5,8-9,11,13-14H,6-7H2,1-3H3. The SMILES string of the molecule is CC(C)NCc1ccc(S(=O)(=O)NC2CC2C)s1. The molecule has 0 aliphatic heterocycles. The van der Waals surface area contributed by atoms with Crippen molar-refractivity contribution in [3.8, 4) is 0 Å². The van der Waals surface area contributed by atoms with Gasteiger partial charge in [0, 0.05) is 23.5 Å². The lowest BCUT2D eigenvalue weighted by Gasteiger charge is -2.05. The van der Waals surface area contributed by atoms with E-state index in [1.54, 1.807) is 6.07 Å². The maximum atomic E-state index is 12.1. The lowest BCUT2D eigenvalue weighted by molar-refractivity contribution is 0.580. The van der Waals surface area contributed by atoms with Crippen LogP contribution in [0.5, 0.6) is 0 Å². The minimum atomic E-state index is -3.31. The van der Waals surface area contributed by atoms with E-state index >= 15 is 0 Å². The zero-order valence-corrected chi connectivity index (χ0v) is 12.6. The van der Waals surface area contributed by atoms with Crippen molar-refractivity contribution < 1.29 is 8.42 Å². The first-order valence-corrected chi connectivity index (χ1v) is 8.53. The number of hydrogen-bond donors (Lipinski definition) is 2. The van der Waals surface area contributed by atoms with E-state index < -0.39 is 10.0 Å². The third kappa shape index (κ3) is 3.54. The first kappa shape index (κ1) is 14.0. The van der Waals surface area contributed by atoms with Crippen molar-refractivity contribution in [3.05, 3.63) is 17.0 Å². The van der Waals surface area contributed by atoms with E-state index in [4.69, 9.17) is 0 Å². The predicted octanol–water partition coefficient (Wildman–Crippen LogP) is 1.93. The van der Waals surface area contributed by atoms with E-state index in [0.29, 0.717) is 16.2 Å². The Labute approximate surface area is 113 Å². The summed E-state index contributed by atoms with van der Waals surface area (Å²) in [7, 11) is -3.31. The fourth-order valence-corrected chi connectivity index (χ4v) is 4.33. The van der Waals surface area contributed by atoms with Crippen molar-refractivity contribution in [2.45, 2.75) is 50.0 Å². The molecule has 102 valence electrons. The Morgan fingerprint density at radius 2 is 2.11 bits per heavy atom. The summed E-state index contributed by atoms with van der Waals surface area (Å²) in [5.41, 5.74) is 0. The second kappa shape index (κ2) is 5.28. The van der Waals surface area contributed by atoms with Crippen LogP contribution < -0.4 is 10.0 Å². The summed E-state index contributed by atoms with van der Waals surface area (Å²) in [5, 5.41) is 3.28. The molecule has 1 aliphatic carbocycles. The molecule has 0 saturated heterocycles. The summed E-state index contributed by atoms with van der Waals surface area (Å²) in [6, 6.07) is 4.11. The highest BCUT2D eigenvalue weighted by molar-refractivity contribution is 7.91. The Hall–Kier alpha value is -0.430. The largest absolute Gasteiger partial charge is 0.310 e. The highest BCUT2D eigenvalue weighted by Gasteiger charge is 2.36. The van der Waals surface area contributed by atoms with Crippen molar-refractivity contribution in [1.29, 1.82) is 0 Å². The molecule has 2 rings (SSSR count). The Bertz CT molecular complexity index is 508. The van der Waals surface area contributed by atoms with E-state index in [1.165, 1.54) is 11.3 Å². The van der Waals surface area contributed by atoms with Crippen LogP contribution in [0.3, 0.4) is 0 Å². The third-order valence-corrected chi connectivity index (χ3v) is 6.07. The number of thiophene rings is 1. The summed E-state index contributed by atoms with van der Waals surface area (Å²) in [6.07, 6.45) is 0.951. The van der Waals surface area contributed by atoms with Crippen LogP contribution in [0, 0.1) is 5.92 Å². The van der Waals surface area contributed by atoms with Gasteiger partial charge in [-0.2, -0.15) is 0 Å². The molecule has 0 spiro atoms. The molecule has 2 unspecified atom stereocenters. The molecule has 18 heavy (non-hydrogen) atoms. The molecule has 0 amide bonds. The van der Waals surface area contributed by atoms with Crippen molar-refractivity contribution in [2.24, 2.45) is 5.92 Å². The summed E-state index contributed by atoms with van der Waals surface area (Å²) >= 11 is 1.34. The number of nitrogens with one attached hydrogen (secondary N) is 2. The van der Waals surface area contributed by atoms with Crippen LogP contribution >= 0.6 is 11.3 Å². The van der Waals surface area contributed by atoms with Crippen LogP contribution in [-0.4, -0.2) is 20.5 Å². The number of rotatable bonds is 6. The van der Waals surface area contributed by atoms with Gasteiger partial charge in [-0.25, -0.2) is 13.1 Å². The van der Waals surface area contributed by atoms with Crippen LogP contribution in [0.2, 0.25) is 0 Å².